The van der Waals surface area contributed by atoms with E-state index in [9.17, 15) is 0 Å². The molecule has 0 amide bonds. The van der Waals surface area contributed by atoms with E-state index < -0.39 is 0 Å². The van der Waals surface area contributed by atoms with Gasteiger partial charge in [-0.1, -0.05) is 40.5 Å². The third-order valence-electron chi connectivity index (χ3n) is 3.92. The Morgan fingerprint density at radius 2 is 1.76 bits per heavy atom. The number of rotatable bonds is 6. The Bertz CT molecular complexity index is 418. The summed E-state index contributed by atoms with van der Waals surface area (Å²) in [6.45, 7) is 12.3. The summed E-state index contributed by atoms with van der Waals surface area (Å²) in [4.78, 5) is 8.95. The van der Waals surface area contributed by atoms with Crippen LogP contribution in [0.25, 0.3) is 0 Å². The molecule has 0 atom stereocenters. The van der Waals surface area contributed by atoms with Crippen LogP contribution in [-0.2, 0) is 13.0 Å². The molecule has 1 saturated heterocycles. The van der Waals surface area contributed by atoms with Crippen molar-refractivity contribution >= 4 is 16.5 Å². The minimum Gasteiger partial charge on any atom is -0.348 e. The van der Waals surface area contributed by atoms with Gasteiger partial charge in [-0.3, -0.25) is 0 Å². The number of nitrogens with zero attached hydrogens (tertiary/aromatic N) is 2. The fraction of sp³-hybridized carbons (Fsp3) is 0.824. The van der Waals surface area contributed by atoms with Gasteiger partial charge in [0.25, 0.3) is 0 Å². The first kappa shape index (κ1) is 16.8. The summed E-state index contributed by atoms with van der Waals surface area (Å²) in [5, 5.41) is 4.81. The standard InChI is InChI=1S/C17H31N3S/c1-13(2)11-15-16(12-18-14(3)4)21-17(19-15)20-9-7-5-6-8-10-20/h13-14,18H,5-12H2,1-4H3. The second kappa shape index (κ2) is 8.14. The fourth-order valence-corrected chi connectivity index (χ4v) is 3.84. The summed E-state index contributed by atoms with van der Waals surface area (Å²) in [5.41, 5.74) is 1.32. The molecule has 1 N–H and O–H groups in total. The van der Waals surface area contributed by atoms with Gasteiger partial charge < -0.3 is 10.2 Å². The van der Waals surface area contributed by atoms with Crippen LogP contribution in [0.15, 0.2) is 0 Å². The molecule has 2 rings (SSSR count). The van der Waals surface area contributed by atoms with Gasteiger partial charge >= 0.3 is 0 Å². The average Bonchev–Trinajstić information content (AvgIpc) is 2.63. The second-order valence-electron chi connectivity index (χ2n) is 6.90. The van der Waals surface area contributed by atoms with Crippen molar-refractivity contribution in [3.63, 3.8) is 0 Å². The van der Waals surface area contributed by atoms with Gasteiger partial charge in [0.1, 0.15) is 0 Å². The third-order valence-corrected chi connectivity index (χ3v) is 5.07. The first-order valence-electron chi connectivity index (χ1n) is 8.53. The van der Waals surface area contributed by atoms with Crippen LogP contribution in [0, 0.1) is 5.92 Å². The van der Waals surface area contributed by atoms with Gasteiger partial charge in [0, 0.05) is 30.6 Å². The molecule has 3 nitrogen and oxygen atoms in total. The number of thiazole rings is 1. The number of nitrogens with one attached hydrogen (secondary N) is 1. The maximum absolute atomic E-state index is 5.00. The van der Waals surface area contributed by atoms with E-state index in [2.05, 4.69) is 37.9 Å². The Labute approximate surface area is 134 Å². The van der Waals surface area contributed by atoms with Crippen molar-refractivity contribution in [3.8, 4) is 0 Å². The van der Waals surface area contributed by atoms with E-state index in [0.717, 1.165) is 13.0 Å². The van der Waals surface area contributed by atoms with Crippen molar-refractivity contribution in [1.29, 1.82) is 0 Å². The molecular formula is C17H31N3S. The normalized spacial score (nSPS) is 16.8. The van der Waals surface area contributed by atoms with E-state index in [-0.39, 0.29) is 0 Å². The van der Waals surface area contributed by atoms with E-state index in [1.165, 1.54) is 54.5 Å². The zero-order valence-corrected chi connectivity index (χ0v) is 14.9. The highest BCUT2D eigenvalue weighted by molar-refractivity contribution is 7.15. The quantitative estimate of drug-likeness (QED) is 0.853. The minimum absolute atomic E-state index is 0.528. The molecule has 0 spiro atoms. The van der Waals surface area contributed by atoms with Gasteiger partial charge in [-0.2, -0.15) is 0 Å². The third kappa shape index (κ3) is 5.26. The molecule has 0 unspecified atom stereocenters. The molecule has 0 bridgehead atoms. The largest absolute Gasteiger partial charge is 0.348 e. The monoisotopic (exact) mass is 309 g/mol. The van der Waals surface area contributed by atoms with Gasteiger partial charge in [-0.25, -0.2) is 4.98 Å². The SMILES string of the molecule is CC(C)Cc1nc(N2CCCCCC2)sc1CNC(C)C. The first-order valence-corrected chi connectivity index (χ1v) is 9.35. The minimum atomic E-state index is 0.528. The summed E-state index contributed by atoms with van der Waals surface area (Å²) in [5.74, 6) is 0.668. The lowest BCUT2D eigenvalue weighted by Gasteiger charge is -2.18. The maximum Gasteiger partial charge on any atom is 0.185 e. The van der Waals surface area contributed by atoms with E-state index >= 15 is 0 Å². The van der Waals surface area contributed by atoms with Crippen molar-refractivity contribution < 1.29 is 0 Å². The Morgan fingerprint density at radius 1 is 1.10 bits per heavy atom. The zero-order valence-electron chi connectivity index (χ0n) is 14.1. The van der Waals surface area contributed by atoms with Crippen LogP contribution >= 0.6 is 11.3 Å². The van der Waals surface area contributed by atoms with Crippen LogP contribution in [0.3, 0.4) is 0 Å². The highest BCUT2D eigenvalue weighted by Gasteiger charge is 2.18. The predicted octanol–water partition coefficient (Wildman–Crippen LogP) is 4.22. The first-order chi connectivity index (χ1) is 10.1. The van der Waals surface area contributed by atoms with E-state index in [0.29, 0.717) is 12.0 Å². The van der Waals surface area contributed by atoms with E-state index in [1.54, 1.807) is 0 Å². The molecule has 0 radical (unpaired) electrons. The van der Waals surface area contributed by atoms with Gasteiger partial charge in [0.2, 0.25) is 0 Å². The molecule has 1 aromatic rings. The maximum atomic E-state index is 5.00. The highest BCUT2D eigenvalue weighted by Crippen LogP contribution is 2.29. The van der Waals surface area contributed by atoms with Crippen LogP contribution in [0.2, 0.25) is 0 Å². The molecular weight excluding hydrogens is 278 g/mol. The van der Waals surface area contributed by atoms with Gasteiger partial charge in [-0.15, -0.1) is 11.3 Å². The van der Waals surface area contributed by atoms with Crippen molar-refractivity contribution in [1.82, 2.24) is 10.3 Å². The lowest BCUT2D eigenvalue weighted by atomic mass is 10.1. The number of aromatic nitrogens is 1. The van der Waals surface area contributed by atoms with E-state index in [4.69, 9.17) is 4.98 Å². The molecule has 1 aromatic heterocycles. The molecule has 0 aliphatic carbocycles. The molecule has 21 heavy (non-hydrogen) atoms. The fourth-order valence-electron chi connectivity index (χ4n) is 2.75. The van der Waals surface area contributed by atoms with Crippen molar-refractivity contribution in [2.24, 2.45) is 5.92 Å². The topological polar surface area (TPSA) is 28.2 Å². The Balaban J connectivity index is 2.13. The number of anilines is 1. The summed E-state index contributed by atoms with van der Waals surface area (Å²) < 4.78 is 0. The average molecular weight is 310 g/mol. The molecule has 0 aromatic carbocycles. The van der Waals surface area contributed by atoms with Gasteiger partial charge in [-0.05, 0) is 25.2 Å². The predicted molar refractivity (Wildman–Crippen MR) is 93.3 cm³/mol. The highest BCUT2D eigenvalue weighted by atomic mass is 32.1. The van der Waals surface area contributed by atoms with Gasteiger partial charge in [0.15, 0.2) is 5.13 Å². The van der Waals surface area contributed by atoms with Crippen LogP contribution in [0.1, 0.15) is 63.9 Å². The van der Waals surface area contributed by atoms with Crippen LogP contribution in [-0.4, -0.2) is 24.1 Å². The molecule has 1 aliphatic heterocycles. The lowest BCUT2D eigenvalue weighted by Crippen LogP contribution is -2.23. The number of hydrogen-bond donors (Lipinski definition) is 1. The van der Waals surface area contributed by atoms with Crippen LogP contribution in [0.4, 0.5) is 5.13 Å². The Morgan fingerprint density at radius 3 is 2.33 bits per heavy atom. The summed E-state index contributed by atoms with van der Waals surface area (Å²) in [6, 6.07) is 0.528. The van der Waals surface area contributed by atoms with Gasteiger partial charge in [0.05, 0.1) is 5.69 Å². The van der Waals surface area contributed by atoms with Crippen LogP contribution < -0.4 is 10.2 Å². The van der Waals surface area contributed by atoms with Crippen molar-refractivity contribution in [2.45, 2.75) is 72.4 Å². The molecule has 1 fully saturated rings. The lowest BCUT2D eigenvalue weighted by molar-refractivity contribution is 0.581. The zero-order chi connectivity index (χ0) is 15.2. The smallest absolute Gasteiger partial charge is 0.185 e. The summed E-state index contributed by atoms with van der Waals surface area (Å²) in [7, 11) is 0. The molecule has 1 aliphatic rings. The molecule has 4 heteroatoms. The molecule has 2 heterocycles. The summed E-state index contributed by atoms with van der Waals surface area (Å²) >= 11 is 1.91. The molecule has 0 saturated carbocycles. The Hall–Kier alpha value is -0.610. The second-order valence-corrected chi connectivity index (χ2v) is 7.96. The van der Waals surface area contributed by atoms with E-state index in [1.807, 2.05) is 11.3 Å². The Kier molecular flexibility index (Phi) is 6.49. The van der Waals surface area contributed by atoms with Crippen molar-refractivity contribution in [3.05, 3.63) is 10.6 Å². The summed E-state index contributed by atoms with van der Waals surface area (Å²) in [6.07, 6.45) is 6.49. The number of hydrogen-bond acceptors (Lipinski definition) is 4. The molecule has 120 valence electrons. The van der Waals surface area contributed by atoms with Crippen molar-refractivity contribution in [2.75, 3.05) is 18.0 Å². The van der Waals surface area contributed by atoms with Crippen LogP contribution in [0.5, 0.6) is 0 Å².